The fraction of sp³-hybridized carbons (Fsp3) is 0.409. The van der Waals surface area contributed by atoms with Crippen LogP contribution in [0.1, 0.15) is 37.6 Å². The largest absolute Gasteiger partial charge is 0.465 e. The number of nitrogens with one attached hydrogen (secondary N) is 1. The van der Waals surface area contributed by atoms with Crippen LogP contribution in [0.4, 0.5) is 10.1 Å². The van der Waals surface area contributed by atoms with Crippen molar-refractivity contribution in [2.75, 3.05) is 11.5 Å². The van der Waals surface area contributed by atoms with E-state index < -0.39 is 41.1 Å². The van der Waals surface area contributed by atoms with E-state index in [9.17, 15) is 18.8 Å². The molecule has 2 aliphatic heterocycles. The lowest BCUT2D eigenvalue weighted by Crippen LogP contribution is -2.56. The quantitative estimate of drug-likeness (QED) is 0.561. The number of benzene rings is 1. The maximum absolute atomic E-state index is 13.6. The standard InChI is InChI=1S/C22H23FN2O4S/c1-3-11-22(21(28)29-4-2)17-16(18(24-22)15-6-5-12-30-15)19(26)25(20(17)27)14-9-7-13(23)8-10-14/h5-10,12,16-18,24H,3-4,11H2,1-2H3/t16-,17-,18-,22-/m0/s1. The van der Waals surface area contributed by atoms with Crippen LogP contribution in [-0.4, -0.2) is 29.9 Å². The predicted octanol–water partition coefficient (Wildman–Crippen LogP) is 3.44. The first-order valence-electron chi connectivity index (χ1n) is 10.1. The van der Waals surface area contributed by atoms with Gasteiger partial charge in [0.25, 0.3) is 0 Å². The Morgan fingerprint density at radius 3 is 2.53 bits per heavy atom. The SMILES string of the molecule is CCC[C@]1(C(=O)OCC)N[C@@H](c2cccs2)[C@H]2C(=O)N(c3ccc(F)cc3)C(=O)[C@H]21. The Bertz CT molecular complexity index is 962. The van der Waals surface area contributed by atoms with Gasteiger partial charge in [-0.25, -0.2) is 9.29 Å². The number of ether oxygens (including phenoxy) is 1. The number of thiophene rings is 1. The van der Waals surface area contributed by atoms with Crippen LogP contribution in [0.25, 0.3) is 0 Å². The van der Waals surface area contributed by atoms with Crippen molar-refractivity contribution in [2.45, 2.75) is 38.3 Å². The molecule has 2 fully saturated rings. The summed E-state index contributed by atoms with van der Waals surface area (Å²) in [6, 6.07) is 8.53. The van der Waals surface area contributed by atoms with Gasteiger partial charge >= 0.3 is 5.97 Å². The number of fused-ring (bicyclic) bond motifs is 1. The van der Waals surface area contributed by atoms with Crippen molar-refractivity contribution in [3.8, 4) is 0 Å². The Balaban J connectivity index is 1.84. The molecule has 2 saturated heterocycles. The lowest BCUT2D eigenvalue weighted by Gasteiger charge is -2.32. The minimum Gasteiger partial charge on any atom is -0.465 e. The van der Waals surface area contributed by atoms with E-state index in [-0.39, 0.29) is 12.5 Å². The lowest BCUT2D eigenvalue weighted by molar-refractivity contribution is -0.155. The molecule has 8 heteroatoms. The number of nitrogens with zero attached hydrogens (tertiary/aromatic N) is 1. The normalized spacial score (nSPS) is 28.1. The molecular formula is C22H23FN2O4S. The van der Waals surface area contributed by atoms with Gasteiger partial charge in [0, 0.05) is 4.88 Å². The number of carbonyl (C=O) groups is 3. The second kappa shape index (κ2) is 7.92. The Kier molecular flexibility index (Phi) is 5.46. The van der Waals surface area contributed by atoms with Crippen molar-refractivity contribution >= 4 is 34.8 Å². The lowest BCUT2D eigenvalue weighted by atomic mass is 9.77. The molecule has 0 radical (unpaired) electrons. The minimum atomic E-state index is -1.29. The van der Waals surface area contributed by atoms with Crippen LogP contribution in [0.3, 0.4) is 0 Å². The van der Waals surface area contributed by atoms with Gasteiger partial charge in [-0.1, -0.05) is 19.4 Å². The zero-order chi connectivity index (χ0) is 21.5. The third kappa shape index (κ3) is 3.06. The van der Waals surface area contributed by atoms with Gasteiger partial charge in [0.2, 0.25) is 11.8 Å². The van der Waals surface area contributed by atoms with E-state index >= 15 is 0 Å². The fourth-order valence-corrected chi connectivity index (χ4v) is 5.56. The maximum atomic E-state index is 13.6. The van der Waals surface area contributed by atoms with Gasteiger partial charge in [-0.15, -0.1) is 11.3 Å². The highest BCUT2D eigenvalue weighted by Crippen LogP contribution is 2.52. The zero-order valence-corrected chi connectivity index (χ0v) is 17.6. The summed E-state index contributed by atoms with van der Waals surface area (Å²) in [5.74, 6) is -3.43. The smallest absolute Gasteiger partial charge is 0.327 e. The summed E-state index contributed by atoms with van der Waals surface area (Å²) in [6.07, 6.45) is 0.995. The summed E-state index contributed by atoms with van der Waals surface area (Å²) in [4.78, 5) is 42.2. The fourth-order valence-electron chi connectivity index (χ4n) is 4.73. The Labute approximate surface area is 178 Å². The van der Waals surface area contributed by atoms with Gasteiger partial charge in [0.05, 0.1) is 30.2 Å². The van der Waals surface area contributed by atoms with E-state index in [4.69, 9.17) is 4.74 Å². The number of anilines is 1. The molecule has 0 unspecified atom stereocenters. The van der Waals surface area contributed by atoms with Gasteiger partial charge in [-0.2, -0.15) is 0 Å². The van der Waals surface area contributed by atoms with Crippen molar-refractivity contribution < 1.29 is 23.5 Å². The molecule has 2 amide bonds. The molecule has 6 nitrogen and oxygen atoms in total. The molecule has 4 atom stereocenters. The van der Waals surface area contributed by atoms with Gasteiger partial charge in [0.15, 0.2) is 0 Å². The first-order valence-corrected chi connectivity index (χ1v) is 10.9. The summed E-state index contributed by atoms with van der Waals surface area (Å²) < 4.78 is 18.8. The number of rotatable bonds is 6. The summed E-state index contributed by atoms with van der Waals surface area (Å²) >= 11 is 1.47. The number of hydrogen-bond donors (Lipinski definition) is 1. The van der Waals surface area contributed by atoms with Crippen LogP contribution in [0.2, 0.25) is 0 Å². The minimum absolute atomic E-state index is 0.177. The third-order valence-corrected chi connectivity index (χ3v) is 6.83. The van der Waals surface area contributed by atoms with Crippen LogP contribution in [0.15, 0.2) is 41.8 Å². The number of halogens is 1. The molecular weight excluding hydrogens is 407 g/mol. The van der Waals surface area contributed by atoms with Crippen LogP contribution in [0.5, 0.6) is 0 Å². The second-order valence-electron chi connectivity index (χ2n) is 7.57. The summed E-state index contributed by atoms with van der Waals surface area (Å²) in [7, 11) is 0. The molecule has 3 heterocycles. The maximum Gasteiger partial charge on any atom is 0.327 e. The molecule has 1 aromatic heterocycles. The molecule has 1 aromatic carbocycles. The van der Waals surface area contributed by atoms with E-state index in [2.05, 4.69) is 5.32 Å². The summed E-state index contributed by atoms with van der Waals surface area (Å²) in [6.45, 7) is 3.82. The summed E-state index contributed by atoms with van der Waals surface area (Å²) in [5.41, 5.74) is -0.981. The van der Waals surface area contributed by atoms with Crippen molar-refractivity contribution in [2.24, 2.45) is 11.8 Å². The molecule has 0 spiro atoms. The van der Waals surface area contributed by atoms with Gasteiger partial charge < -0.3 is 4.74 Å². The molecule has 0 bridgehead atoms. The molecule has 0 aliphatic carbocycles. The predicted molar refractivity (Wildman–Crippen MR) is 110 cm³/mol. The molecule has 30 heavy (non-hydrogen) atoms. The Morgan fingerprint density at radius 1 is 1.20 bits per heavy atom. The van der Waals surface area contributed by atoms with E-state index in [0.29, 0.717) is 18.5 Å². The Morgan fingerprint density at radius 2 is 1.93 bits per heavy atom. The first kappa shape index (κ1) is 20.7. The summed E-state index contributed by atoms with van der Waals surface area (Å²) in [5, 5.41) is 5.24. The molecule has 2 aromatic rings. The van der Waals surface area contributed by atoms with Crippen molar-refractivity contribution in [1.82, 2.24) is 5.32 Å². The van der Waals surface area contributed by atoms with E-state index in [1.807, 2.05) is 24.4 Å². The van der Waals surface area contributed by atoms with Crippen LogP contribution < -0.4 is 10.2 Å². The highest BCUT2D eigenvalue weighted by Gasteiger charge is 2.68. The van der Waals surface area contributed by atoms with Crippen LogP contribution in [0, 0.1) is 17.7 Å². The number of amides is 2. The van der Waals surface area contributed by atoms with Crippen molar-refractivity contribution in [3.63, 3.8) is 0 Å². The zero-order valence-electron chi connectivity index (χ0n) is 16.8. The van der Waals surface area contributed by atoms with Gasteiger partial charge in [-0.05, 0) is 49.1 Å². The van der Waals surface area contributed by atoms with Crippen molar-refractivity contribution in [3.05, 3.63) is 52.5 Å². The van der Waals surface area contributed by atoms with E-state index in [1.165, 1.54) is 35.6 Å². The van der Waals surface area contributed by atoms with Crippen LogP contribution >= 0.6 is 11.3 Å². The molecule has 0 saturated carbocycles. The van der Waals surface area contributed by atoms with Crippen molar-refractivity contribution in [1.29, 1.82) is 0 Å². The van der Waals surface area contributed by atoms with Gasteiger partial charge in [0.1, 0.15) is 11.4 Å². The monoisotopic (exact) mass is 430 g/mol. The number of imide groups is 1. The van der Waals surface area contributed by atoms with E-state index in [1.54, 1.807) is 6.92 Å². The highest BCUT2D eigenvalue weighted by atomic mass is 32.1. The Hall–Kier alpha value is -2.58. The molecule has 158 valence electrons. The second-order valence-corrected chi connectivity index (χ2v) is 8.55. The third-order valence-electron chi connectivity index (χ3n) is 5.87. The topological polar surface area (TPSA) is 75.7 Å². The van der Waals surface area contributed by atoms with E-state index in [0.717, 1.165) is 9.78 Å². The number of hydrogen-bond acceptors (Lipinski definition) is 6. The van der Waals surface area contributed by atoms with Crippen LogP contribution in [-0.2, 0) is 19.1 Å². The first-order chi connectivity index (χ1) is 14.4. The van der Waals surface area contributed by atoms with Gasteiger partial charge in [-0.3, -0.25) is 19.7 Å². The number of carbonyl (C=O) groups excluding carboxylic acids is 3. The molecule has 2 aliphatic rings. The average Bonchev–Trinajstić information content (AvgIpc) is 3.41. The number of esters is 1. The molecule has 1 N–H and O–H groups in total. The highest BCUT2D eigenvalue weighted by molar-refractivity contribution is 7.10. The molecule has 4 rings (SSSR count). The average molecular weight is 431 g/mol.